The van der Waals surface area contributed by atoms with Gasteiger partial charge in [0.05, 0.1) is 0 Å². The first-order chi connectivity index (χ1) is 4.58. The van der Waals surface area contributed by atoms with Crippen LogP contribution in [0.15, 0.2) is 18.2 Å². The maximum atomic E-state index is 3.31. The summed E-state index contributed by atoms with van der Waals surface area (Å²) >= 11 is 0. The van der Waals surface area contributed by atoms with E-state index in [0.717, 1.165) is 0 Å². The minimum Gasteiger partial charge on any atom is -0.358 e. The van der Waals surface area contributed by atoms with Crippen molar-refractivity contribution in [2.75, 3.05) is 0 Å². The van der Waals surface area contributed by atoms with Crippen LogP contribution in [0.1, 0.15) is 0 Å². The normalized spacial score (nSPS) is 13.4. The molecule has 0 spiro atoms. The van der Waals surface area contributed by atoms with E-state index in [9.17, 15) is 0 Å². The molecule has 116 valence electrons. The van der Waals surface area contributed by atoms with Crippen molar-refractivity contribution in [3.8, 4) is 0 Å². The Bertz CT molecular complexity index is 154. The third kappa shape index (κ3) is 25.3. The Morgan fingerprint density at radius 1 is 0.889 bits per heavy atom. The summed E-state index contributed by atoms with van der Waals surface area (Å²) in [5.41, 5.74) is 0. The molecular formula is C16H36SiTi-8. The molecule has 0 aromatic heterocycles. The van der Waals surface area contributed by atoms with Crippen molar-refractivity contribution in [3.63, 3.8) is 0 Å². The first kappa shape index (κ1) is 51.5. The summed E-state index contributed by atoms with van der Waals surface area (Å²) in [6, 6.07) is 1.35. The largest absolute Gasteiger partial charge is 0.358 e. The zero-order valence-corrected chi connectivity index (χ0v) is 17.1. The molecule has 0 saturated carbocycles. The molecule has 0 N–H and O–H groups in total. The van der Waals surface area contributed by atoms with Crippen molar-refractivity contribution in [3.05, 3.63) is 76.3 Å². The first-order valence-electron chi connectivity index (χ1n) is 3.84. The molecule has 0 aromatic carbocycles. The van der Waals surface area contributed by atoms with Gasteiger partial charge in [-0.2, -0.15) is 6.08 Å². The number of allylic oxidation sites excluding steroid dienone is 4. The molecule has 0 fully saturated rings. The minimum atomic E-state index is -0.856. The van der Waals surface area contributed by atoms with Crippen LogP contribution in [0, 0.1) is 64.0 Å². The van der Waals surface area contributed by atoms with Crippen molar-refractivity contribution in [2.45, 2.75) is 25.7 Å². The molecule has 1 aliphatic carbocycles. The Labute approximate surface area is 137 Å². The van der Waals surface area contributed by atoms with Crippen LogP contribution in [0.5, 0.6) is 0 Å². The van der Waals surface area contributed by atoms with Crippen LogP contribution in [0.2, 0.25) is 25.7 Å². The molecule has 1 rings (SSSR count). The maximum Gasteiger partial charge on any atom is 0.0435 e. The Kier molecular flexibility index (Phi) is 64.6. The van der Waals surface area contributed by atoms with Gasteiger partial charge < -0.3 is 52.0 Å². The molecule has 0 amide bonds. The van der Waals surface area contributed by atoms with Gasteiger partial charge in [0, 0.05) is 29.8 Å². The van der Waals surface area contributed by atoms with Crippen molar-refractivity contribution in [1.82, 2.24) is 0 Å². The van der Waals surface area contributed by atoms with Gasteiger partial charge in [-0.3, -0.25) is 6.08 Å². The number of rotatable bonds is 2. The molecule has 0 bridgehead atoms. The molecule has 0 radical (unpaired) electrons. The zero-order valence-electron chi connectivity index (χ0n) is 14.5. The molecule has 0 aromatic rings. The SMILES string of the molecule is C[Si](C)(C)CC1[C-]=CC=C1.[CH3-].[CH3-].[CH3-].[CH3-].[CH3-].[CH3-].[CH3-].[Ti]. The van der Waals surface area contributed by atoms with Gasteiger partial charge in [-0.05, 0) is 0 Å². The standard InChI is InChI=1S/C9H15Si.7CH3.Ti/c1-10(2,3)8-9-6-4-5-7-9;;;;;;;;/h4-6,9H,8H2,1-3H3;7*1H3;/q8*-1;. The first-order valence-corrected chi connectivity index (χ1v) is 7.55. The number of hydrogen-bond donors (Lipinski definition) is 0. The molecule has 1 unspecified atom stereocenters. The second-order valence-corrected chi connectivity index (χ2v) is 9.62. The Hall–Kier alpha value is 0.411. The fraction of sp³-hybridized carbons (Fsp3) is 0.312. The van der Waals surface area contributed by atoms with Gasteiger partial charge in [-0.25, -0.2) is 12.2 Å². The predicted octanol–water partition coefficient (Wildman–Crippen LogP) is 6.02. The summed E-state index contributed by atoms with van der Waals surface area (Å²) in [4.78, 5) is 0. The summed E-state index contributed by atoms with van der Waals surface area (Å²) in [5.74, 6) is 0.631. The average Bonchev–Trinajstić information content (AvgIpc) is 2.12. The Balaban J connectivity index is -0.0000000208. The third-order valence-electron chi connectivity index (χ3n) is 1.58. The monoisotopic (exact) mass is 304 g/mol. The molecule has 2 heteroatoms. The van der Waals surface area contributed by atoms with E-state index < -0.39 is 8.07 Å². The smallest absolute Gasteiger partial charge is 0.0435 e. The molecule has 1 atom stereocenters. The van der Waals surface area contributed by atoms with Crippen molar-refractivity contribution >= 4 is 8.07 Å². The Morgan fingerprint density at radius 3 is 1.50 bits per heavy atom. The maximum absolute atomic E-state index is 3.31. The summed E-state index contributed by atoms with van der Waals surface area (Å²) in [6.45, 7) is 7.21. The van der Waals surface area contributed by atoms with E-state index in [1.54, 1.807) is 0 Å². The van der Waals surface area contributed by atoms with E-state index in [2.05, 4.69) is 37.9 Å². The minimum absolute atomic E-state index is 0. The van der Waals surface area contributed by atoms with Gasteiger partial charge in [0.1, 0.15) is 0 Å². The second kappa shape index (κ2) is 22.6. The third-order valence-corrected chi connectivity index (χ3v) is 3.25. The molecule has 0 saturated heterocycles. The van der Waals surface area contributed by atoms with E-state index in [0.29, 0.717) is 5.92 Å². The van der Waals surface area contributed by atoms with E-state index in [4.69, 9.17) is 0 Å². The summed E-state index contributed by atoms with van der Waals surface area (Å²) < 4.78 is 0. The fourth-order valence-electron chi connectivity index (χ4n) is 1.21. The van der Waals surface area contributed by atoms with Gasteiger partial charge in [0.2, 0.25) is 0 Å². The van der Waals surface area contributed by atoms with Crippen LogP contribution in [0.4, 0.5) is 0 Å². The summed E-state index contributed by atoms with van der Waals surface area (Å²) in [7, 11) is -0.856. The summed E-state index contributed by atoms with van der Waals surface area (Å²) in [6.07, 6.45) is 9.69. The topological polar surface area (TPSA) is 0 Å². The molecule has 0 aliphatic heterocycles. The molecular weight excluding hydrogens is 268 g/mol. The van der Waals surface area contributed by atoms with Crippen molar-refractivity contribution < 1.29 is 21.7 Å². The van der Waals surface area contributed by atoms with Crippen LogP contribution in [-0.2, 0) is 21.7 Å². The average molecular weight is 304 g/mol. The van der Waals surface area contributed by atoms with Gasteiger partial charge in [0.25, 0.3) is 0 Å². The van der Waals surface area contributed by atoms with Crippen LogP contribution >= 0.6 is 0 Å². The fourth-order valence-corrected chi connectivity index (χ4v) is 2.78. The molecule has 0 heterocycles. The van der Waals surface area contributed by atoms with Crippen molar-refractivity contribution in [2.24, 2.45) is 5.92 Å². The van der Waals surface area contributed by atoms with Crippen LogP contribution < -0.4 is 0 Å². The van der Waals surface area contributed by atoms with Crippen LogP contribution in [-0.4, -0.2) is 8.07 Å². The van der Waals surface area contributed by atoms with Crippen LogP contribution in [0.25, 0.3) is 0 Å². The van der Waals surface area contributed by atoms with E-state index in [1.165, 1.54) is 6.04 Å². The van der Waals surface area contributed by atoms with Crippen LogP contribution in [0.3, 0.4) is 0 Å². The zero-order chi connectivity index (χ0) is 7.61. The van der Waals surface area contributed by atoms with E-state index in [1.807, 2.05) is 6.08 Å². The second-order valence-electron chi connectivity index (χ2n) is 4.09. The van der Waals surface area contributed by atoms with Crippen molar-refractivity contribution in [1.29, 1.82) is 0 Å². The quantitative estimate of drug-likeness (QED) is 0.432. The van der Waals surface area contributed by atoms with E-state index in [-0.39, 0.29) is 73.7 Å². The Morgan fingerprint density at radius 2 is 1.28 bits per heavy atom. The van der Waals surface area contributed by atoms with E-state index >= 15 is 0 Å². The van der Waals surface area contributed by atoms with Gasteiger partial charge in [0.15, 0.2) is 0 Å². The molecule has 18 heavy (non-hydrogen) atoms. The molecule has 1 aliphatic rings. The van der Waals surface area contributed by atoms with Gasteiger partial charge in [-0.1, -0.05) is 31.6 Å². The summed E-state index contributed by atoms with van der Waals surface area (Å²) in [5, 5.41) is 0. The van der Waals surface area contributed by atoms with Gasteiger partial charge >= 0.3 is 0 Å². The predicted molar refractivity (Wildman–Crippen MR) is 93.5 cm³/mol. The number of hydrogen-bond acceptors (Lipinski definition) is 0. The molecule has 0 nitrogen and oxygen atoms in total. The van der Waals surface area contributed by atoms with Gasteiger partial charge in [-0.15, -0.1) is 0 Å².